The lowest BCUT2D eigenvalue weighted by Crippen LogP contribution is -2.53. The standard InChI is InChI=1S/C34H35N5O5S/c1-18(2)15-26(38-33(43)27-17-21-23(35-27)12-8-13-28(21)44-3)32(42)37-25(16-20-19-9-4-5-10-22(19)36-31(20)41)30(40)34-39-24-11-6-7-14-29(24)45-34/h4-14,17-18,20,24-26,29,35H,15-16H2,1-3H3,(H,36,41)(H,37,42)(H,38,43)/t20?,24?,25-,26-,29?/m0/s1. The number of carbonyl (C=O) groups is 4. The summed E-state index contributed by atoms with van der Waals surface area (Å²) in [5.41, 5.74) is 2.48. The normalized spacial score (nSPS) is 21.1. The molecule has 3 aliphatic rings. The fourth-order valence-corrected chi connectivity index (χ4v) is 7.14. The number of aliphatic imine (C=N–C) groups is 1. The molecule has 0 bridgehead atoms. The lowest BCUT2D eigenvalue weighted by molar-refractivity contribution is -0.127. The molecule has 0 fully saturated rings. The fourth-order valence-electron chi connectivity index (χ4n) is 5.98. The smallest absolute Gasteiger partial charge is 0.268 e. The molecule has 232 valence electrons. The topological polar surface area (TPSA) is 142 Å². The van der Waals surface area contributed by atoms with E-state index in [4.69, 9.17) is 4.74 Å². The molecule has 3 amide bonds. The highest BCUT2D eigenvalue weighted by Gasteiger charge is 2.40. The van der Waals surface area contributed by atoms with Crippen molar-refractivity contribution in [2.24, 2.45) is 10.9 Å². The Bertz CT molecular complexity index is 1760. The minimum Gasteiger partial charge on any atom is -0.496 e. The van der Waals surface area contributed by atoms with E-state index in [1.807, 2.05) is 74.5 Å². The molecule has 11 heteroatoms. The number of para-hydroxylation sites is 1. The summed E-state index contributed by atoms with van der Waals surface area (Å²) in [6, 6.07) is 12.4. The van der Waals surface area contributed by atoms with Gasteiger partial charge in [-0.15, -0.1) is 0 Å². The summed E-state index contributed by atoms with van der Waals surface area (Å²) in [6.07, 6.45) is 8.17. The molecule has 2 aromatic carbocycles. The molecule has 2 aliphatic heterocycles. The van der Waals surface area contributed by atoms with Crippen molar-refractivity contribution >= 4 is 56.9 Å². The molecule has 10 nitrogen and oxygen atoms in total. The second-order valence-electron chi connectivity index (χ2n) is 11.8. The van der Waals surface area contributed by atoms with Gasteiger partial charge in [0, 0.05) is 16.6 Å². The van der Waals surface area contributed by atoms with Gasteiger partial charge in [-0.25, -0.2) is 0 Å². The molecule has 6 rings (SSSR count). The first-order valence-electron chi connectivity index (χ1n) is 15.0. The third-order valence-corrected chi connectivity index (χ3v) is 9.45. The SMILES string of the molecule is COc1cccc2[nH]c(C(=O)N[C@@H](CC(C)C)C(=O)N[C@@H](CC3C(=O)Nc4ccccc43)C(=O)C3=NC4C=CC=CC4S3)cc12. The molecular weight excluding hydrogens is 590 g/mol. The highest BCUT2D eigenvalue weighted by atomic mass is 32.2. The van der Waals surface area contributed by atoms with Crippen molar-refractivity contribution in [2.75, 3.05) is 12.4 Å². The first-order chi connectivity index (χ1) is 21.7. The number of ketones is 1. The predicted molar refractivity (Wildman–Crippen MR) is 176 cm³/mol. The molecule has 0 saturated heterocycles. The van der Waals surface area contributed by atoms with E-state index < -0.39 is 29.8 Å². The molecule has 3 heterocycles. The summed E-state index contributed by atoms with van der Waals surface area (Å²) >= 11 is 1.36. The Morgan fingerprint density at radius 2 is 1.82 bits per heavy atom. The number of aromatic nitrogens is 1. The van der Waals surface area contributed by atoms with Crippen LogP contribution >= 0.6 is 11.8 Å². The van der Waals surface area contributed by atoms with Gasteiger partial charge in [0.15, 0.2) is 0 Å². The number of carbonyl (C=O) groups excluding carboxylic acids is 4. The molecule has 1 aromatic heterocycles. The summed E-state index contributed by atoms with van der Waals surface area (Å²) < 4.78 is 5.42. The van der Waals surface area contributed by atoms with Crippen LogP contribution in [0.4, 0.5) is 5.69 Å². The van der Waals surface area contributed by atoms with Gasteiger partial charge in [0.2, 0.25) is 17.6 Å². The summed E-state index contributed by atoms with van der Waals surface area (Å²) in [6.45, 7) is 3.91. The molecule has 0 saturated carbocycles. The number of anilines is 1. The summed E-state index contributed by atoms with van der Waals surface area (Å²) in [5.74, 6) is -1.50. The van der Waals surface area contributed by atoms with Crippen molar-refractivity contribution in [2.45, 2.75) is 56.0 Å². The van der Waals surface area contributed by atoms with E-state index in [0.29, 0.717) is 22.9 Å². The molecule has 5 atom stereocenters. The highest BCUT2D eigenvalue weighted by Crippen LogP contribution is 2.37. The third-order valence-electron chi connectivity index (χ3n) is 8.21. The number of hydrogen-bond acceptors (Lipinski definition) is 7. The lowest BCUT2D eigenvalue weighted by Gasteiger charge is -2.25. The summed E-state index contributed by atoms with van der Waals surface area (Å²) in [7, 11) is 1.56. The van der Waals surface area contributed by atoms with E-state index in [-0.39, 0.29) is 41.0 Å². The van der Waals surface area contributed by atoms with Gasteiger partial charge in [0.1, 0.15) is 22.5 Å². The van der Waals surface area contributed by atoms with E-state index in [1.54, 1.807) is 19.2 Å². The van der Waals surface area contributed by atoms with Crippen LogP contribution in [-0.4, -0.2) is 64.0 Å². The van der Waals surface area contributed by atoms with Crippen LogP contribution in [-0.2, 0) is 14.4 Å². The van der Waals surface area contributed by atoms with Gasteiger partial charge in [-0.05, 0) is 48.6 Å². The Balaban J connectivity index is 1.25. The average Bonchev–Trinajstić information content (AvgIpc) is 3.74. The number of ether oxygens (including phenoxy) is 1. The van der Waals surface area contributed by atoms with Crippen molar-refractivity contribution < 1.29 is 23.9 Å². The molecule has 45 heavy (non-hydrogen) atoms. The molecule has 0 radical (unpaired) electrons. The van der Waals surface area contributed by atoms with Crippen molar-refractivity contribution in [3.8, 4) is 5.75 Å². The molecule has 3 aromatic rings. The van der Waals surface area contributed by atoms with Crippen molar-refractivity contribution in [3.63, 3.8) is 0 Å². The average molecular weight is 626 g/mol. The Morgan fingerprint density at radius 3 is 2.60 bits per heavy atom. The molecule has 4 N–H and O–H groups in total. The van der Waals surface area contributed by atoms with Gasteiger partial charge < -0.3 is 25.7 Å². The molecule has 3 unspecified atom stereocenters. The van der Waals surface area contributed by atoms with Gasteiger partial charge >= 0.3 is 0 Å². The minimum absolute atomic E-state index is 0.00344. The van der Waals surface area contributed by atoms with E-state index in [1.165, 1.54) is 11.8 Å². The number of benzene rings is 2. The monoisotopic (exact) mass is 625 g/mol. The quantitative estimate of drug-likeness (QED) is 0.247. The fraction of sp³-hybridized carbons (Fsp3) is 0.324. The van der Waals surface area contributed by atoms with E-state index in [0.717, 1.165) is 16.5 Å². The van der Waals surface area contributed by atoms with E-state index in [2.05, 4.69) is 25.9 Å². The van der Waals surface area contributed by atoms with Gasteiger partial charge in [-0.1, -0.05) is 74.2 Å². The van der Waals surface area contributed by atoms with E-state index in [9.17, 15) is 19.2 Å². The van der Waals surface area contributed by atoms with Crippen LogP contribution in [0, 0.1) is 5.92 Å². The maximum Gasteiger partial charge on any atom is 0.268 e. The largest absolute Gasteiger partial charge is 0.496 e. The van der Waals surface area contributed by atoms with Crippen molar-refractivity contribution in [3.05, 3.63) is 84.1 Å². The molecular formula is C34H35N5O5S. The third kappa shape index (κ3) is 6.30. The number of methoxy groups -OCH3 is 1. The second-order valence-corrected chi connectivity index (χ2v) is 13.0. The van der Waals surface area contributed by atoms with Crippen LogP contribution in [0.2, 0.25) is 0 Å². The number of thioether (sulfide) groups is 1. The Kier molecular flexibility index (Phi) is 8.62. The van der Waals surface area contributed by atoms with Crippen LogP contribution < -0.4 is 20.7 Å². The predicted octanol–water partition coefficient (Wildman–Crippen LogP) is 4.51. The number of nitrogens with zero attached hydrogens (tertiary/aromatic N) is 1. The van der Waals surface area contributed by atoms with Gasteiger partial charge in [0.05, 0.1) is 30.4 Å². The Morgan fingerprint density at radius 1 is 1.02 bits per heavy atom. The zero-order valence-electron chi connectivity index (χ0n) is 25.2. The maximum absolute atomic E-state index is 14.0. The number of fused-ring (bicyclic) bond motifs is 3. The number of H-pyrrole nitrogens is 1. The Labute approximate surface area is 265 Å². The minimum atomic E-state index is -1.04. The van der Waals surface area contributed by atoms with Crippen LogP contribution in [0.5, 0.6) is 5.75 Å². The van der Waals surface area contributed by atoms with Crippen LogP contribution in [0.1, 0.15) is 48.7 Å². The van der Waals surface area contributed by atoms with Gasteiger partial charge in [0.25, 0.3) is 5.91 Å². The van der Waals surface area contributed by atoms with E-state index >= 15 is 0 Å². The zero-order valence-corrected chi connectivity index (χ0v) is 26.0. The molecule has 0 spiro atoms. The Hall–Kier alpha value is -4.64. The summed E-state index contributed by atoms with van der Waals surface area (Å²) in [5, 5.41) is 9.73. The maximum atomic E-state index is 14.0. The molecule has 1 aliphatic carbocycles. The number of Topliss-reactive ketones (excluding diaryl/α,β-unsaturated/α-hetero) is 1. The van der Waals surface area contributed by atoms with Crippen LogP contribution in [0.3, 0.4) is 0 Å². The number of aromatic amines is 1. The van der Waals surface area contributed by atoms with Crippen LogP contribution in [0.15, 0.2) is 77.8 Å². The number of hydrogen-bond donors (Lipinski definition) is 4. The van der Waals surface area contributed by atoms with Crippen molar-refractivity contribution in [1.82, 2.24) is 15.6 Å². The zero-order chi connectivity index (χ0) is 31.7. The number of allylic oxidation sites excluding steroid dienone is 2. The number of amides is 3. The lowest BCUT2D eigenvalue weighted by atomic mass is 9.91. The van der Waals surface area contributed by atoms with Gasteiger partial charge in [-0.3, -0.25) is 24.2 Å². The van der Waals surface area contributed by atoms with Crippen molar-refractivity contribution in [1.29, 1.82) is 0 Å². The van der Waals surface area contributed by atoms with Gasteiger partial charge in [-0.2, -0.15) is 0 Å². The summed E-state index contributed by atoms with van der Waals surface area (Å²) in [4.78, 5) is 62.2. The number of rotatable bonds is 11. The highest BCUT2D eigenvalue weighted by molar-refractivity contribution is 8.16. The van der Waals surface area contributed by atoms with Crippen LogP contribution in [0.25, 0.3) is 10.9 Å². The number of nitrogens with one attached hydrogen (secondary N) is 4. The first-order valence-corrected chi connectivity index (χ1v) is 15.9. The first kappa shape index (κ1) is 30.4. The second kappa shape index (κ2) is 12.8.